The molecule has 1 aromatic carbocycles. The minimum absolute atomic E-state index is 0.554. The van der Waals surface area contributed by atoms with Gasteiger partial charge in [0.15, 0.2) is 0 Å². The molecule has 1 rings (SSSR count). The van der Waals surface area contributed by atoms with E-state index in [0.717, 1.165) is 18.8 Å². The Bertz CT molecular complexity index is 377. The van der Waals surface area contributed by atoms with Gasteiger partial charge in [-0.25, -0.2) is 4.79 Å². The number of rotatable bonds is 10. The number of anilines is 1. The van der Waals surface area contributed by atoms with Gasteiger partial charge in [-0.1, -0.05) is 45.4 Å². The molecule has 1 aromatic rings. The minimum Gasteiger partial charge on any atom is -0.494 e. The summed E-state index contributed by atoms with van der Waals surface area (Å²) in [6.45, 7) is 2.98. The Labute approximate surface area is 121 Å². The first kappa shape index (κ1) is 16.3. The van der Waals surface area contributed by atoms with Crippen LogP contribution in [0.2, 0.25) is 0 Å². The Morgan fingerprint density at radius 1 is 1.05 bits per heavy atom. The molecule has 112 valence electrons. The summed E-state index contributed by atoms with van der Waals surface area (Å²) < 4.78 is 5.65. The van der Waals surface area contributed by atoms with E-state index in [-0.39, 0.29) is 0 Å². The number of unbranched alkanes of at least 4 members (excludes halogenated alkanes) is 6. The predicted octanol–water partition coefficient (Wildman–Crippen LogP) is 4.31. The van der Waals surface area contributed by atoms with Gasteiger partial charge in [0.05, 0.1) is 6.61 Å². The van der Waals surface area contributed by atoms with Gasteiger partial charge in [0.25, 0.3) is 0 Å². The molecular formula is C16H26N2O2. The third-order valence-corrected chi connectivity index (χ3v) is 3.14. The van der Waals surface area contributed by atoms with Crippen molar-refractivity contribution in [2.24, 2.45) is 5.73 Å². The van der Waals surface area contributed by atoms with Crippen molar-refractivity contribution in [2.45, 2.75) is 51.9 Å². The topological polar surface area (TPSA) is 64.3 Å². The van der Waals surface area contributed by atoms with Gasteiger partial charge in [0.1, 0.15) is 5.75 Å². The molecule has 0 heterocycles. The van der Waals surface area contributed by atoms with Crippen LogP contribution in [0.1, 0.15) is 51.9 Å². The molecule has 0 aliphatic carbocycles. The molecule has 2 amide bonds. The fourth-order valence-electron chi connectivity index (χ4n) is 2.03. The Hall–Kier alpha value is -1.71. The van der Waals surface area contributed by atoms with Crippen LogP contribution in [-0.4, -0.2) is 12.6 Å². The van der Waals surface area contributed by atoms with Gasteiger partial charge >= 0.3 is 6.03 Å². The lowest BCUT2D eigenvalue weighted by Gasteiger charge is -2.07. The molecule has 0 radical (unpaired) electrons. The molecule has 0 aromatic heterocycles. The van der Waals surface area contributed by atoms with Crippen LogP contribution in [0.25, 0.3) is 0 Å². The van der Waals surface area contributed by atoms with E-state index in [1.54, 1.807) is 12.1 Å². The molecule has 0 bridgehead atoms. The first-order valence-corrected chi connectivity index (χ1v) is 7.51. The number of carbonyl (C=O) groups is 1. The Balaban J connectivity index is 2.08. The number of nitrogens with two attached hydrogens (primary N) is 1. The second kappa shape index (κ2) is 10.1. The SMILES string of the molecule is CCCCCCCCCOc1ccc(NC(N)=O)cc1. The van der Waals surface area contributed by atoms with E-state index in [9.17, 15) is 4.79 Å². The van der Waals surface area contributed by atoms with E-state index in [0.29, 0.717) is 5.69 Å². The largest absolute Gasteiger partial charge is 0.494 e. The van der Waals surface area contributed by atoms with Crippen LogP contribution in [0.15, 0.2) is 24.3 Å². The lowest BCUT2D eigenvalue weighted by Crippen LogP contribution is -2.19. The van der Waals surface area contributed by atoms with E-state index in [2.05, 4.69) is 12.2 Å². The van der Waals surface area contributed by atoms with Gasteiger partial charge in [-0.05, 0) is 30.7 Å². The number of nitrogens with one attached hydrogen (secondary N) is 1. The number of hydrogen-bond acceptors (Lipinski definition) is 2. The highest BCUT2D eigenvalue weighted by atomic mass is 16.5. The molecule has 20 heavy (non-hydrogen) atoms. The van der Waals surface area contributed by atoms with Crippen LogP contribution in [0.3, 0.4) is 0 Å². The molecular weight excluding hydrogens is 252 g/mol. The maximum atomic E-state index is 10.7. The number of primary amides is 1. The standard InChI is InChI=1S/C16H26N2O2/c1-2-3-4-5-6-7-8-13-20-15-11-9-14(10-12-15)18-16(17)19/h9-12H,2-8,13H2,1H3,(H3,17,18,19). The summed E-state index contributed by atoms with van der Waals surface area (Å²) in [4.78, 5) is 10.7. The zero-order valence-corrected chi connectivity index (χ0v) is 12.4. The third kappa shape index (κ3) is 7.67. The zero-order valence-electron chi connectivity index (χ0n) is 12.4. The number of urea groups is 1. The second-order valence-electron chi connectivity index (χ2n) is 4.98. The van der Waals surface area contributed by atoms with Crippen molar-refractivity contribution in [2.75, 3.05) is 11.9 Å². The predicted molar refractivity (Wildman–Crippen MR) is 83.1 cm³/mol. The quantitative estimate of drug-likeness (QED) is 0.626. The molecule has 0 saturated carbocycles. The molecule has 3 N–H and O–H groups in total. The molecule has 0 saturated heterocycles. The Kier molecular flexibility index (Phi) is 8.27. The van der Waals surface area contributed by atoms with E-state index in [4.69, 9.17) is 10.5 Å². The number of benzene rings is 1. The second-order valence-corrected chi connectivity index (χ2v) is 4.98. The molecule has 0 aliphatic heterocycles. The summed E-state index contributed by atoms with van der Waals surface area (Å²) in [6, 6.07) is 6.69. The van der Waals surface area contributed by atoms with E-state index >= 15 is 0 Å². The summed E-state index contributed by atoms with van der Waals surface area (Å²) >= 11 is 0. The van der Waals surface area contributed by atoms with Crippen LogP contribution < -0.4 is 15.8 Å². The van der Waals surface area contributed by atoms with Crippen LogP contribution in [0.5, 0.6) is 5.75 Å². The van der Waals surface area contributed by atoms with Gasteiger partial charge < -0.3 is 15.8 Å². The van der Waals surface area contributed by atoms with Crippen LogP contribution in [0.4, 0.5) is 10.5 Å². The highest BCUT2D eigenvalue weighted by molar-refractivity contribution is 5.87. The van der Waals surface area contributed by atoms with Crippen molar-refractivity contribution in [1.82, 2.24) is 0 Å². The molecule has 0 atom stereocenters. The zero-order chi connectivity index (χ0) is 14.6. The monoisotopic (exact) mass is 278 g/mol. The molecule has 4 nitrogen and oxygen atoms in total. The normalized spacial score (nSPS) is 10.2. The van der Waals surface area contributed by atoms with E-state index in [1.807, 2.05) is 12.1 Å². The maximum absolute atomic E-state index is 10.7. The highest BCUT2D eigenvalue weighted by Gasteiger charge is 1.98. The summed E-state index contributed by atoms with van der Waals surface area (Å²) in [7, 11) is 0. The molecule has 0 aliphatic rings. The van der Waals surface area contributed by atoms with Gasteiger partial charge in [-0.15, -0.1) is 0 Å². The smallest absolute Gasteiger partial charge is 0.316 e. The highest BCUT2D eigenvalue weighted by Crippen LogP contribution is 2.16. The van der Waals surface area contributed by atoms with E-state index < -0.39 is 6.03 Å². The average Bonchev–Trinajstić information content (AvgIpc) is 2.43. The van der Waals surface area contributed by atoms with Gasteiger partial charge in [-0.2, -0.15) is 0 Å². The number of ether oxygens (including phenoxy) is 1. The number of amides is 2. The lowest BCUT2D eigenvalue weighted by molar-refractivity contribution is 0.259. The Morgan fingerprint density at radius 2 is 1.65 bits per heavy atom. The molecule has 4 heteroatoms. The van der Waals surface area contributed by atoms with Crippen molar-refractivity contribution in [3.63, 3.8) is 0 Å². The van der Waals surface area contributed by atoms with E-state index in [1.165, 1.54) is 38.5 Å². The number of carbonyl (C=O) groups excluding carboxylic acids is 1. The van der Waals surface area contributed by atoms with Gasteiger partial charge in [0.2, 0.25) is 0 Å². The molecule has 0 fully saturated rings. The first-order chi connectivity index (χ1) is 9.72. The molecule has 0 spiro atoms. The van der Waals surface area contributed by atoms with Gasteiger partial charge in [0, 0.05) is 5.69 Å². The Morgan fingerprint density at radius 3 is 2.25 bits per heavy atom. The van der Waals surface area contributed by atoms with Gasteiger partial charge in [-0.3, -0.25) is 0 Å². The van der Waals surface area contributed by atoms with Crippen LogP contribution >= 0.6 is 0 Å². The van der Waals surface area contributed by atoms with Crippen molar-refractivity contribution >= 4 is 11.7 Å². The summed E-state index contributed by atoms with van der Waals surface area (Å²) in [5.41, 5.74) is 5.72. The van der Waals surface area contributed by atoms with Crippen molar-refractivity contribution in [3.8, 4) is 5.75 Å². The van der Waals surface area contributed by atoms with Crippen LogP contribution in [-0.2, 0) is 0 Å². The molecule has 0 unspecified atom stereocenters. The average molecular weight is 278 g/mol. The summed E-state index contributed by atoms with van der Waals surface area (Å²) in [5, 5.41) is 2.52. The van der Waals surface area contributed by atoms with Crippen molar-refractivity contribution in [1.29, 1.82) is 0 Å². The maximum Gasteiger partial charge on any atom is 0.316 e. The fraction of sp³-hybridized carbons (Fsp3) is 0.562. The fourth-order valence-corrected chi connectivity index (χ4v) is 2.03. The lowest BCUT2D eigenvalue weighted by atomic mass is 10.1. The minimum atomic E-state index is -0.554. The summed E-state index contributed by atoms with van der Waals surface area (Å²) in [5.74, 6) is 0.825. The van der Waals surface area contributed by atoms with Crippen LogP contribution in [0, 0.1) is 0 Å². The summed E-state index contributed by atoms with van der Waals surface area (Å²) in [6.07, 6.45) is 8.95. The first-order valence-electron chi connectivity index (χ1n) is 7.51. The number of hydrogen-bond donors (Lipinski definition) is 2. The van der Waals surface area contributed by atoms with Crippen molar-refractivity contribution in [3.05, 3.63) is 24.3 Å². The van der Waals surface area contributed by atoms with Crippen molar-refractivity contribution < 1.29 is 9.53 Å². The third-order valence-electron chi connectivity index (χ3n) is 3.14.